The van der Waals surface area contributed by atoms with Gasteiger partial charge in [0.1, 0.15) is 12.4 Å². The van der Waals surface area contributed by atoms with E-state index in [0.29, 0.717) is 19.8 Å². The zero-order valence-electron chi connectivity index (χ0n) is 21.3. The molecule has 38 heavy (non-hydrogen) atoms. The van der Waals surface area contributed by atoms with Crippen LogP contribution in [0, 0.1) is 0 Å². The smallest absolute Gasteiger partial charge is 0.410 e. The third-order valence-corrected chi connectivity index (χ3v) is 8.16. The predicted octanol–water partition coefficient (Wildman–Crippen LogP) is 6.65. The van der Waals surface area contributed by atoms with Crippen molar-refractivity contribution in [1.29, 1.82) is 0 Å². The molecule has 3 aliphatic rings. The maximum Gasteiger partial charge on any atom is 0.410 e. The van der Waals surface area contributed by atoms with Gasteiger partial charge in [0, 0.05) is 5.92 Å². The van der Waals surface area contributed by atoms with Gasteiger partial charge in [-0.15, -0.1) is 0 Å². The Morgan fingerprint density at radius 2 is 1.61 bits per heavy atom. The summed E-state index contributed by atoms with van der Waals surface area (Å²) in [5, 5.41) is 2.32. The lowest BCUT2D eigenvalue weighted by Gasteiger charge is -2.44. The number of methoxy groups -OCH3 is 1. The first kappa shape index (κ1) is 23.1. The largest absolute Gasteiger partial charge is 0.497 e. The minimum Gasteiger partial charge on any atom is -0.497 e. The second kappa shape index (κ2) is 9.34. The van der Waals surface area contributed by atoms with Crippen molar-refractivity contribution in [2.45, 2.75) is 24.4 Å². The van der Waals surface area contributed by atoms with Gasteiger partial charge in [0.25, 0.3) is 0 Å². The molecular weight excluding hydrogens is 474 g/mol. The lowest BCUT2D eigenvalue weighted by atomic mass is 9.89. The van der Waals surface area contributed by atoms with Crippen LogP contribution >= 0.6 is 0 Å². The summed E-state index contributed by atoms with van der Waals surface area (Å²) in [6.45, 7) is 1.33. The predicted molar refractivity (Wildman–Crippen MR) is 148 cm³/mol. The van der Waals surface area contributed by atoms with Crippen LogP contribution in [-0.4, -0.2) is 50.0 Å². The number of fused-ring (bicyclic) bond motifs is 6. The van der Waals surface area contributed by atoms with Crippen LogP contribution in [0.1, 0.15) is 29.0 Å². The molecule has 2 heterocycles. The van der Waals surface area contributed by atoms with E-state index in [1.807, 2.05) is 11.0 Å². The number of hydrogen-bond donors (Lipinski definition) is 0. The maximum absolute atomic E-state index is 13.5. The second-order valence-corrected chi connectivity index (χ2v) is 10.3. The molecule has 0 aromatic heterocycles. The molecule has 5 heteroatoms. The monoisotopic (exact) mass is 503 g/mol. The number of hydrogen-bond acceptors (Lipinski definition) is 4. The van der Waals surface area contributed by atoms with Gasteiger partial charge in [-0.05, 0) is 68.8 Å². The standard InChI is InChI=1S/C33H29NO4/c1-36-27-13-12-21-14-22(10-11-23(21)17-27)24-15-25-18-37-19-26(16-24)34(25)33(35)38-20-32-30-8-4-2-6-28(30)29-7-3-5-9-31(29)32/h2-15,17,25-26,32H,16,18-20H2,1H3. The Balaban J connectivity index is 1.11. The highest BCUT2D eigenvalue weighted by Gasteiger charge is 2.40. The molecule has 2 bridgehead atoms. The normalized spacial score (nSPS) is 20.0. The van der Waals surface area contributed by atoms with Crippen molar-refractivity contribution < 1.29 is 19.0 Å². The molecule has 190 valence electrons. The third-order valence-electron chi connectivity index (χ3n) is 8.16. The van der Waals surface area contributed by atoms with Crippen LogP contribution in [0.5, 0.6) is 5.75 Å². The minimum atomic E-state index is -0.258. The highest BCUT2D eigenvalue weighted by molar-refractivity contribution is 5.88. The summed E-state index contributed by atoms with van der Waals surface area (Å²) in [4.78, 5) is 15.4. The van der Waals surface area contributed by atoms with Crippen LogP contribution < -0.4 is 4.74 Å². The van der Waals surface area contributed by atoms with E-state index in [1.165, 1.54) is 38.8 Å². The highest BCUT2D eigenvalue weighted by atomic mass is 16.6. The Hall–Kier alpha value is -4.09. The van der Waals surface area contributed by atoms with Crippen molar-refractivity contribution in [3.05, 3.63) is 108 Å². The molecule has 7 rings (SSSR count). The second-order valence-electron chi connectivity index (χ2n) is 10.3. The zero-order chi connectivity index (χ0) is 25.6. The molecule has 4 aromatic carbocycles. The molecule has 2 aliphatic heterocycles. The topological polar surface area (TPSA) is 48.0 Å². The fourth-order valence-electron chi connectivity index (χ4n) is 6.31. The van der Waals surface area contributed by atoms with Crippen LogP contribution in [-0.2, 0) is 9.47 Å². The SMILES string of the molecule is COc1ccc2cc(C3=CC4COCC(C3)N4C(=O)OCC3c4ccccc4-c4ccccc43)ccc2c1. The molecule has 1 aliphatic carbocycles. The number of morpholine rings is 1. The molecule has 0 spiro atoms. The van der Waals surface area contributed by atoms with Crippen LogP contribution in [0.15, 0.2) is 91.0 Å². The van der Waals surface area contributed by atoms with E-state index in [9.17, 15) is 4.79 Å². The van der Waals surface area contributed by atoms with Gasteiger partial charge in [-0.2, -0.15) is 0 Å². The summed E-state index contributed by atoms with van der Waals surface area (Å²) in [5.41, 5.74) is 7.35. The summed E-state index contributed by atoms with van der Waals surface area (Å²) >= 11 is 0. The van der Waals surface area contributed by atoms with Crippen LogP contribution in [0.3, 0.4) is 0 Å². The van der Waals surface area contributed by atoms with Crippen molar-refractivity contribution in [3.8, 4) is 16.9 Å². The summed E-state index contributed by atoms with van der Waals surface area (Å²) in [7, 11) is 1.69. The lowest BCUT2D eigenvalue weighted by Crippen LogP contribution is -2.56. The molecule has 2 unspecified atom stereocenters. The van der Waals surface area contributed by atoms with Gasteiger partial charge in [-0.25, -0.2) is 4.79 Å². The highest BCUT2D eigenvalue weighted by Crippen LogP contribution is 2.44. The van der Waals surface area contributed by atoms with Crippen molar-refractivity contribution in [2.75, 3.05) is 26.9 Å². The molecule has 1 saturated heterocycles. The quantitative estimate of drug-likeness (QED) is 0.313. The van der Waals surface area contributed by atoms with Gasteiger partial charge in [0.15, 0.2) is 0 Å². The lowest BCUT2D eigenvalue weighted by molar-refractivity contribution is -0.0331. The summed E-state index contributed by atoms with van der Waals surface area (Å²) < 4.78 is 17.3. The molecule has 4 aromatic rings. The van der Waals surface area contributed by atoms with E-state index < -0.39 is 0 Å². The summed E-state index contributed by atoms with van der Waals surface area (Å²) in [5.74, 6) is 0.905. The molecule has 1 fully saturated rings. The van der Waals surface area contributed by atoms with Crippen molar-refractivity contribution in [2.24, 2.45) is 0 Å². The van der Waals surface area contributed by atoms with Crippen molar-refractivity contribution in [1.82, 2.24) is 4.90 Å². The fourth-order valence-corrected chi connectivity index (χ4v) is 6.31. The summed E-state index contributed by atoms with van der Waals surface area (Å²) in [6, 6.07) is 29.3. The van der Waals surface area contributed by atoms with Gasteiger partial charge in [-0.3, -0.25) is 4.90 Å². The molecule has 1 amide bonds. The van der Waals surface area contributed by atoms with E-state index in [2.05, 4.69) is 84.9 Å². The maximum atomic E-state index is 13.5. The van der Waals surface area contributed by atoms with Gasteiger partial charge in [0.2, 0.25) is 0 Å². The molecule has 5 nitrogen and oxygen atoms in total. The Kier molecular flexibility index (Phi) is 5.67. The van der Waals surface area contributed by atoms with E-state index in [-0.39, 0.29) is 24.1 Å². The van der Waals surface area contributed by atoms with Crippen LogP contribution in [0.2, 0.25) is 0 Å². The number of ether oxygens (including phenoxy) is 3. The first-order valence-electron chi connectivity index (χ1n) is 13.2. The van der Waals surface area contributed by atoms with Crippen LogP contribution in [0.4, 0.5) is 4.79 Å². The number of nitrogens with zero attached hydrogens (tertiary/aromatic N) is 1. The molecular formula is C33H29NO4. The number of carbonyl (C=O) groups is 1. The molecule has 2 atom stereocenters. The third kappa shape index (κ3) is 3.86. The van der Waals surface area contributed by atoms with Gasteiger partial charge in [0.05, 0.1) is 32.4 Å². The number of benzene rings is 4. The number of carbonyl (C=O) groups excluding carboxylic acids is 1. The van der Waals surface area contributed by atoms with E-state index in [1.54, 1.807) is 7.11 Å². The van der Waals surface area contributed by atoms with Gasteiger partial charge >= 0.3 is 6.09 Å². The van der Waals surface area contributed by atoms with E-state index in [0.717, 1.165) is 17.6 Å². The first-order chi connectivity index (χ1) is 18.7. The van der Waals surface area contributed by atoms with Crippen molar-refractivity contribution in [3.63, 3.8) is 0 Å². The summed E-state index contributed by atoms with van der Waals surface area (Å²) in [6.07, 6.45) is 2.66. The minimum absolute atomic E-state index is 0.0454. The Bertz CT molecular complexity index is 1530. The Morgan fingerprint density at radius 3 is 2.34 bits per heavy atom. The zero-order valence-corrected chi connectivity index (χ0v) is 21.3. The molecule has 0 saturated carbocycles. The number of amides is 1. The first-order valence-corrected chi connectivity index (χ1v) is 13.2. The Morgan fingerprint density at radius 1 is 0.895 bits per heavy atom. The average Bonchev–Trinajstić information content (AvgIpc) is 3.28. The molecule has 0 N–H and O–H groups in total. The number of rotatable bonds is 4. The van der Waals surface area contributed by atoms with Gasteiger partial charge in [-0.1, -0.05) is 72.8 Å². The fraction of sp³-hybridized carbons (Fsp3) is 0.242. The van der Waals surface area contributed by atoms with E-state index >= 15 is 0 Å². The van der Waals surface area contributed by atoms with Crippen molar-refractivity contribution >= 4 is 22.4 Å². The molecule has 0 radical (unpaired) electrons. The Labute approximate surface area is 222 Å². The average molecular weight is 504 g/mol. The van der Waals surface area contributed by atoms with E-state index in [4.69, 9.17) is 14.2 Å². The van der Waals surface area contributed by atoms with Crippen LogP contribution in [0.25, 0.3) is 27.5 Å². The van der Waals surface area contributed by atoms with Gasteiger partial charge < -0.3 is 14.2 Å².